The van der Waals surface area contributed by atoms with Crippen LogP contribution in [-0.2, 0) is 4.79 Å². The van der Waals surface area contributed by atoms with E-state index < -0.39 is 18.2 Å². The number of unbranched alkanes of at least 4 members (excludes halogenated alkanes) is 13. The first kappa shape index (κ1) is 28.8. The molecule has 0 aliphatic carbocycles. The molecule has 0 aromatic heterocycles. The maximum absolute atomic E-state index is 12.0. The molecule has 0 rings (SSSR count). The van der Waals surface area contributed by atoms with E-state index in [2.05, 4.69) is 22.9 Å². The van der Waals surface area contributed by atoms with Crippen LogP contribution in [0.5, 0.6) is 0 Å². The molecule has 5 heteroatoms. The van der Waals surface area contributed by atoms with Crippen molar-refractivity contribution in [2.24, 2.45) is 5.73 Å². The average Bonchev–Trinajstić information content (AvgIpc) is 2.73. The normalized spacial score (nSPS) is 14.9. The number of rotatable bonds is 21. The van der Waals surface area contributed by atoms with Gasteiger partial charge in [0, 0.05) is 11.8 Å². The van der Waals surface area contributed by atoms with Gasteiger partial charge in [-0.25, -0.2) is 0 Å². The van der Waals surface area contributed by atoms with Crippen LogP contribution in [0.15, 0.2) is 12.2 Å². The molecule has 0 heterocycles. The molecule has 4 N–H and O–H groups in total. The average molecular weight is 477 g/mol. The SMILES string of the molecule is CCCCCCCCCCCCC/C=C/[C@@H](O)[C@@H](N)C(O)C(=O)CCCCCBr. The highest BCUT2D eigenvalue weighted by molar-refractivity contribution is 9.09. The number of halogens is 1. The Balaban J connectivity index is 3.70. The maximum atomic E-state index is 12.0. The van der Waals surface area contributed by atoms with Crippen LogP contribution in [0.3, 0.4) is 0 Å². The van der Waals surface area contributed by atoms with Crippen molar-refractivity contribution in [2.75, 3.05) is 5.33 Å². The van der Waals surface area contributed by atoms with Crippen molar-refractivity contribution in [2.45, 2.75) is 128 Å². The fraction of sp³-hybridized carbons (Fsp3) is 0.875. The van der Waals surface area contributed by atoms with Gasteiger partial charge in [0.25, 0.3) is 0 Å². The van der Waals surface area contributed by atoms with Crippen molar-refractivity contribution in [3.8, 4) is 0 Å². The number of aliphatic hydroxyl groups is 2. The van der Waals surface area contributed by atoms with Crippen molar-refractivity contribution in [1.29, 1.82) is 0 Å². The highest BCUT2D eigenvalue weighted by Crippen LogP contribution is 2.13. The summed E-state index contributed by atoms with van der Waals surface area (Å²) in [6.45, 7) is 2.25. The lowest BCUT2D eigenvalue weighted by Gasteiger charge is -2.21. The van der Waals surface area contributed by atoms with Crippen molar-refractivity contribution in [3.63, 3.8) is 0 Å². The smallest absolute Gasteiger partial charge is 0.162 e. The van der Waals surface area contributed by atoms with Crippen molar-refractivity contribution < 1.29 is 15.0 Å². The lowest BCUT2D eigenvalue weighted by Crippen LogP contribution is -2.47. The molecule has 0 radical (unpaired) electrons. The Kier molecular flexibility index (Phi) is 20.9. The van der Waals surface area contributed by atoms with Gasteiger partial charge < -0.3 is 15.9 Å². The number of hydrogen-bond donors (Lipinski definition) is 3. The van der Waals surface area contributed by atoms with Gasteiger partial charge in [0.2, 0.25) is 0 Å². The molecule has 4 nitrogen and oxygen atoms in total. The minimum Gasteiger partial charge on any atom is -0.387 e. The van der Waals surface area contributed by atoms with Gasteiger partial charge in [0.15, 0.2) is 5.78 Å². The minimum absolute atomic E-state index is 0.273. The predicted octanol–water partition coefficient (Wildman–Crippen LogP) is 5.82. The Morgan fingerprint density at radius 3 is 1.93 bits per heavy atom. The van der Waals surface area contributed by atoms with Gasteiger partial charge in [-0.15, -0.1) is 0 Å². The number of aliphatic hydroxyl groups excluding tert-OH is 2. The third-order valence-electron chi connectivity index (χ3n) is 5.45. The first-order valence-corrected chi connectivity index (χ1v) is 13.0. The summed E-state index contributed by atoms with van der Waals surface area (Å²) >= 11 is 3.36. The molecule has 0 spiro atoms. The van der Waals surface area contributed by atoms with E-state index in [1.807, 2.05) is 6.08 Å². The number of hydrogen-bond acceptors (Lipinski definition) is 4. The van der Waals surface area contributed by atoms with Gasteiger partial charge in [-0.1, -0.05) is 106 Å². The standard InChI is InChI=1S/C24H46BrNO3/c1-2-3-4-5-6-7-8-9-10-11-12-13-15-18-21(27)23(26)24(29)22(28)19-16-14-17-20-25/h15,18,21,23-24,27,29H,2-14,16-17,19-20,26H2,1H3/b18-15+/t21-,23-,24?/m1/s1. The van der Waals surface area contributed by atoms with Crippen LogP contribution in [0.4, 0.5) is 0 Å². The molecule has 172 valence electrons. The molecule has 0 saturated carbocycles. The molecular formula is C24H46BrNO3. The predicted molar refractivity (Wildman–Crippen MR) is 127 cm³/mol. The Morgan fingerprint density at radius 2 is 1.38 bits per heavy atom. The number of carbonyl (C=O) groups excluding carboxylic acids is 1. The monoisotopic (exact) mass is 475 g/mol. The zero-order valence-electron chi connectivity index (χ0n) is 18.7. The Hall–Kier alpha value is -0.230. The van der Waals surface area contributed by atoms with E-state index in [4.69, 9.17) is 5.73 Å². The molecule has 0 amide bonds. The number of carbonyl (C=O) groups is 1. The summed E-state index contributed by atoms with van der Waals surface area (Å²) in [5, 5.41) is 21.1. The Morgan fingerprint density at radius 1 is 0.862 bits per heavy atom. The first-order chi connectivity index (χ1) is 14.0. The number of alkyl halides is 1. The van der Waals surface area contributed by atoms with Gasteiger partial charge >= 0.3 is 0 Å². The van der Waals surface area contributed by atoms with Crippen LogP contribution >= 0.6 is 15.9 Å². The summed E-state index contributed by atoms with van der Waals surface area (Å²) in [5.74, 6) is -0.273. The van der Waals surface area contributed by atoms with Crippen LogP contribution in [0.25, 0.3) is 0 Å². The van der Waals surface area contributed by atoms with Gasteiger partial charge in [0.05, 0.1) is 12.1 Å². The minimum atomic E-state index is -1.29. The number of Topliss-reactive ketones (excluding diaryl/α,β-unsaturated/α-hetero) is 1. The Labute approximate surface area is 187 Å². The number of nitrogens with two attached hydrogens (primary N) is 1. The third-order valence-corrected chi connectivity index (χ3v) is 6.01. The first-order valence-electron chi connectivity index (χ1n) is 11.9. The van der Waals surface area contributed by atoms with Gasteiger partial charge in [0.1, 0.15) is 6.10 Å². The van der Waals surface area contributed by atoms with Crippen molar-refractivity contribution in [3.05, 3.63) is 12.2 Å². The zero-order valence-corrected chi connectivity index (χ0v) is 20.3. The molecule has 29 heavy (non-hydrogen) atoms. The molecule has 0 aliphatic heterocycles. The Bertz CT molecular complexity index is 404. The van der Waals surface area contributed by atoms with E-state index in [1.54, 1.807) is 6.08 Å². The summed E-state index contributed by atoms with van der Waals surface area (Å²) in [6, 6.07) is -0.952. The highest BCUT2D eigenvalue weighted by Gasteiger charge is 2.26. The van der Waals surface area contributed by atoms with Crippen LogP contribution < -0.4 is 5.73 Å². The molecule has 0 aliphatic rings. The molecule has 0 saturated heterocycles. The van der Waals surface area contributed by atoms with E-state index in [-0.39, 0.29) is 5.78 Å². The zero-order chi connectivity index (χ0) is 21.7. The number of allylic oxidation sites excluding steroid dienone is 1. The third kappa shape index (κ3) is 17.2. The van der Waals surface area contributed by atoms with E-state index in [1.165, 1.54) is 64.2 Å². The highest BCUT2D eigenvalue weighted by atomic mass is 79.9. The molecule has 1 unspecified atom stereocenters. The largest absolute Gasteiger partial charge is 0.387 e. The fourth-order valence-corrected chi connectivity index (χ4v) is 3.81. The molecule has 3 atom stereocenters. The molecule has 0 fully saturated rings. The second kappa shape index (κ2) is 21.0. The lowest BCUT2D eigenvalue weighted by atomic mass is 9.98. The molecule has 0 bridgehead atoms. The lowest BCUT2D eigenvalue weighted by molar-refractivity contribution is -0.129. The maximum Gasteiger partial charge on any atom is 0.162 e. The second-order valence-electron chi connectivity index (χ2n) is 8.23. The van der Waals surface area contributed by atoms with Crippen molar-refractivity contribution >= 4 is 21.7 Å². The molecule has 0 aromatic carbocycles. The molecular weight excluding hydrogens is 430 g/mol. The second-order valence-corrected chi connectivity index (χ2v) is 9.02. The summed E-state index contributed by atoms with van der Waals surface area (Å²) in [7, 11) is 0. The number of ketones is 1. The van der Waals surface area contributed by atoms with E-state index in [0.717, 1.165) is 37.4 Å². The van der Waals surface area contributed by atoms with Crippen LogP contribution in [0.1, 0.15) is 110 Å². The summed E-state index contributed by atoms with van der Waals surface area (Å²) < 4.78 is 0. The van der Waals surface area contributed by atoms with E-state index in [9.17, 15) is 15.0 Å². The van der Waals surface area contributed by atoms with E-state index >= 15 is 0 Å². The van der Waals surface area contributed by atoms with Crippen molar-refractivity contribution in [1.82, 2.24) is 0 Å². The van der Waals surface area contributed by atoms with Gasteiger partial charge in [-0.3, -0.25) is 4.79 Å². The quantitative estimate of drug-likeness (QED) is 0.111. The van der Waals surface area contributed by atoms with Gasteiger partial charge in [-0.05, 0) is 25.7 Å². The summed E-state index contributed by atoms with van der Waals surface area (Å²) in [5.41, 5.74) is 5.86. The molecule has 0 aromatic rings. The topological polar surface area (TPSA) is 83.6 Å². The fourth-order valence-electron chi connectivity index (χ4n) is 3.41. The van der Waals surface area contributed by atoms with Crippen LogP contribution in [-0.4, -0.2) is 39.6 Å². The summed E-state index contributed by atoms with van der Waals surface area (Å²) in [6.07, 6.45) is 19.7. The van der Waals surface area contributed by atoms with E-state index in [0.29, 0.717) is 6.42 Å². The van der Waals surface area contributed by atoms with Crippen LogP contribution in [0.2, 0.25) is 0 Å². The van der Waals surface area contributed by atoms with Gasteiger partial charge in [-0.2, -0.15) is 0 Å². The summed E-state index contributed by atoms with van der Waals surface area (Å²) in [4.78, 5) is 12.0. The van der Waals surface area contributed by atoms with Crippen LogP contribution in [0, 0.1) is 0 Å².